The van der Waals surface area contributed by atoms with E-state index in [4.69, 9.17) is 19.5 Å². The molecule has 2 saturated carbocycles. The van der Waals surface area contributed by atoms with Crippen LogP contribution in [0.1, 0.15) is 19.3 Å². The number of hydrogen-bond donors (Lipinski definition) is 4. The molecule has 5 nitrogen and oxygen atoms in total. The van der Waals surface area contributed by atoms with E-state index in [-0.39, 0.29) is 0 Å². The summed E-state index contributed by atoms with van der Waals surface area (Å²) in [6.45, 7) is 0. The number of fused-ring (bicyclic) bond motifs is 1. The molecule has 70 valence electrons. The van der Waals surface area contributed by atoms with Gasteiger partial charge in [-0.2, -0.15) is 0 Å². The highest BCUT2D eigenvalue weighted by Gasteiger charge is 2.61. The number of aliphatic hydroxyl groups is 2. The minimum absolute atomic E-state index is 0.410. The molecule has 0 saturated heterocycles. The second-order valence-corrected chi connectivity index (χ2v) is 3.74. The molecule has 2 aliphatic rings. The molecule has 6 heteroatoms. The van der Waals surface area contributed by atoms with E-state index < -0.39 is 20.0 Å². The summed E-state index contributed by atoms with van der Waals surface area (Å²) in [5, 5.41) is 18.3. The van der Waals surface area contributed by atoms with E-state index in [0.29, 0.717) is 5.92 Å². The zero-order valence-electron chi connectivity index (χ0n) is 6.42. The Balaban J connectivity index is 0.000000157. The average molecular weight is 195 g/mol. The predicted molar refractivity (Wildman–Crippen MR) is 40.3 cm³/mol. The lowest BCUT2D eigenvalue weighted by molar-refractivity contribution is 0.00937. The molecule has 4 N–H and O–H groups in total. The highest BCUT2D eigenvalue weighted by atomic mass is 31.1. The molecule has 2 rings (SSSR count). The zero-order chi connectivity index (χ0) is 9.35. The van der Waals surface area contributed by atoms with Gasteiger partial charge in [0, 0.05) is 4.57 Å². The minimum Gasteiger partial charge on any atom is -0.390 e. The monoisotopic (exact) mass is 195 g/mol. The van der Waals surface area contributed by atoms with Crippen molar-refractivity contribution in [2.24, 2.45) is 5.92 Å². The summed E-state index contributed by atoms with van der Waals surface area (Å²) in [6.07, 6.45) is 2.26. The van der Waals surface area contributed by atoms with Gasteiger partial charge in [0.2, 0.25) is 0 Å². The smallest absolute Gasteiger partial charge is 0.390 e. The Morgan fingerprint density at radius 3 is 1.92 bits per heavy atom. The second-order valence-electron chi connectivity index (χ2n) is 3.24. The van der Waals surface area contributed by atoms with Gasteiger partial charge in [-0.1, -0.05) is 0 Å². The number of aliphatic hydroxyl groups excluding tert-OH is 1. The van der Waals surface area contributed by atoms with Crippen molar-refractivity contribution in [3.63, 3.8) is 0 Å². The van der Waals surface area contributed by atoms with Crippen LogP contribution in [0.25, 0.3) is 0 Å². The standard InChI is InChI=1S/C6H10O2.HO3P/c7-5-2-1-4-3-6(4,5)8;1-4(2)3/h4-5,7-8H,1-3H2;(H-,1,2,3)/p+1. The van der Waals surface area contributed by atoms with Crippen LogP contribution in [-0.4, -0.2) is 31.7 Å². The molecule has 0 aromatic carbocycles. The van der Waals surface area contributed by atoms with Crippen LogP contribution in [0.15, 0.2) is 0 Å². The molecule has 0 spiro atoms. The molecule has 3 atom stereocenters. The molecule has 0 radical (unpaired) electrons. The highest BCUT2D eigenvalue weighted by molar-refractivity contribution is 7.30. The Labute approximate surface area is 70.6 Å². The number of hydrogen-bond acceptors (Lipinski definition) is 3. The van der Waals surface area contributed by atoms with E-state index >= 15 is 0 Å². The topological polar surface area (TPSA) is 98.0 Å². The summed E-state index contributed by atoms with van der Waals surface area (Å²) in [7, 11) is -2.87. The molecule has 2 aliphatic carbocycles. The molecule has 0 bridgehead atoms. The van der Waals surface area contributed by atoms with Gasteiger partial charge < -0.3 is 10.2 Å². The van der Waals surface area contributed by atoms with Gasteiger partial charge in [0.1, 0.15) is 0 Å². The Hall–Kier alpha value is -0.0600. The fourth-order valence-corrected chi connectivity index (χ4v) is 1.70. The summed E-state index contributed by atoms with van der Waals surface area (Å²) in [5.41, 5.74) is -0.625. The van der Waals surface area contributed by atoms with E-state index in [1.54, 1.807) is 0 Å². The van der Waals surface area contributed by atoms with Crippen molar-refractivity contribution in [3.8, 4) is 0 Å². The lowest BCUT2D eigenvalue weighted by Gasteiger charge is -2.08. The van der Waals surface area contributed by atoms with Gasteiger partial charge in [-0.3, -0.25) is 0 Å². The van der Waals surface area contributed by atoms with Crippen molar-refractivity contribution in [1.82, 2.24) is 0 Å². The summed E-state index contributed by atoms with van der Waals surface area (Å²) in [6, 6.07) is 0. The maximum absolute atomic E-state index is 9.29. The molecule has 0 aromatic heterocycles. The van der Waals surface area contributed by atoms with E-state index in [1.165, 1.54) is 0 Å². The molecule has 0 amide bonds. The first-order chi connectivity index (χ1) is 5.47. The van der Waals surface area contributed by atoms with Crippen LogP contribution in [0, 0.1) is 5.92 Å². The molecule has 12 heavy (non-hydrogen) atoms. The molecule has 0 heterocycles. The highest BCUT2D eigenvalue weighted by Crippen LogP contribution is 2.55. The normalized spacial score (nSPS) is 42.7. The summed E-state index contributed by atoms with van der Waals surface area (Å²) in [4.78, 5) is 14.2. The van der Waals surface area contributed by atoms with Crippen LogP contribution in [-0.2, 0) is 4.57 Å². The van der Waals surface area contributed by atoms with Crippen molar-refractivity contribution in [1.29, 1.82) is 0 Å². The third-order valence-electron chi connectivity index (χ3n) is 2.49. The number of rotatable bonds is 0. The van der Waals surface area contributed by atoms with Crippen LogP contribution in [0.5, 0.6) is 0 Å². The van der Waals surface area contributed by atoms with Crippen molar-refractivity contribution < 1.29 is 24.6 Å². The van der Waals surface area contributed by atoms with Gasteiger partial charge in [-0.05, 0) is 25.2 Å². The van der Waals surface area contributed by atoms with Crippen LogP contribution in [0.4, 0.5) is 0 Å². The Morgan fingerprint density at radius 2 is 1.83 bits per heavy atom. The first-order valence-corrected chi connectivity index (χ1v) is 4.89. The van der Waals surface area contributed by atoms with Crippen LogP contribution < -0.4 is 0 Å². The van der Waals surface area contributed by atoms with Crippen molar-refractivity contribution in [2.75, 3.05) is 0 Å². The Bertz CT molecular complexity index is 190. The lowest BCUT2D eigenvalue weighted by atomic mass is 10.2. The molecule has 0 aliphatic heterocycles. The fourth-order valence-electron chi connectivity index (χ4n) is 1.70. The average Bonchev–Trinajstić information content (AvgIpc) is 2.50. The lowest BCUT2D eigenvalue weighted by Crippen LogP contribution is -2.24. The SMILES string of the molecule is O=[P+](O)O.OC1CCC2CC12O. The van der Waals surface area contributed by atoms with E-state index in [1.807, 2.05) is 0 Å². The molecule has 3 unspecified atom stereocenters. The van der Waals surface area contributed by atoms with Gasteiger partial charge >= 0.3 is 8.25 Å². The molecule has 0 aromatic rings. The van der Waals surface area contributed by atoms with Gasteiger partial charge in [0.05, 0.1) is 11.7 Å². The van der Waals surface area contributed by atoms with Crippen molar-refractivity contribution >= 4 is 8.25 Å². The van der Waals surface area contributed by atoms with Crippen LogP contribution in [0.3, 0.4) is 0 Å². The molecular formula is C6H12O5P+. The summed E-state index contributed by atoms with van der Waals surface area (Å²) < 4.78 is 8.70. The molecular weight excluding hydrogens is 183 g/mol. The first-order valence-electron chi connectivity index (χ1n) is 3.72. The minimum atomic E-state index is -2.87. The third-order valence-corrected chi connectivity index (χ3v) is 2.49. The fraction of sp³-hybridized carbons (Fsp3) is 1.00. The quantitative estimate of drug-likeness (QED) is 0.391. The molecule has 2 fully saturated rings. The van der Waals surface area contributed by atoms with E-state index in [9.17, 15) is 5.11 Å². The van der Waals surface area contributed by atoms with Gasteiger partial charge in [-0.15, -0.1) is 9.79 Å². The van der Waals surface area contributed by atoms with Crippen molar-refractivity contribution in [2.45, 2.75) is 31.0 Å². The van der Waals surface area contributed by atoms with Gasteiger partial charge in [0.25, 0.3) is 0 Å². The van der Waals surface area contributed by atoms with Crippen LogP contribution >= 0.6 is 8.25 Å². The van der Waals surface area contributed by atoms with Crippen molar-refractivity contribution in [3.05, 3.63) is 0 Å². The summed E-state index contributed by atoms with van der Waals surface area (Å²) in [5.74, 6) is 0.442. The Morgan fingerprint density at radius 1 is 1.33 bits per heavy atom. The van der Waals surface area contributed by atoms with Gasteiger partial charge in [-0.25, -0.2) is 0 Å². The zero-order valence-corrected chi connectivity index (χ0v) is 7.31. The Kier molecular flexibility index (Phi) is 2.81. The maximum Gasteiger partial charge on any atom is 0.692 e. The van der Waals surface area contributed by atoms with Gasteiger partial charge in [0.15, 0.2) is 0 Å². The summed E-state index contributed by atoms with van der Waals surface area (Å²) >= 11 is 0. The van der Waals surface area contributed by atoms with E-state index in [2.05, 4.69) is 0 Å². The first kappa shape index (κ1) is 10.0. The third kappa shape index (κ3) is 2.00. The van der Waals surface area contributed by atoms with Crippen LogP contribution in [0.2, 0.25) is 0 Å². The predicted octanol–water partition coefficient (Wildman–Crippen LogP) is -0.480. The maximum atomic E-state index is 9.29. The second kappa shape index (κ2) is 3.36. The van der Waals surface area contributed by atoms with E-state index in [0.717, 1.165) is 19.3 Å². The largest absolute Gasteiger partial charge is 0.692 e.